The van der Waals surface area contributed by atoms with Crippen molar-refractivity contribution >= 4 is 28.8 Å². The molecule has 1 saturated heterocycles. The molecule has 0 radical (unpaired) electrons. The maximum Gasteiger partial charge on any atom is 0.228 e. The Morgan fingerprint density at radius 2 is 2.38 bits per heavy atom. The first kappa shape index (κ1) is 11.9. The first-order chi connectivity index (χ1) is 7.66. The summed E-state index contributed by atoms with van der Waals surface area (Å²) in [6, 6.07) is 3.93. The molecule has 1 N–H and O–H groups in total. The highest BCUT2D eigenvalue weighted by Gasteiger charge is 2.27. The van der Waals surface area contributed by atoms with Gasteiger partial charge in [0.05, 0.1) is 10.3 Å². The third-order valence-electron chi connectivity index (χ3n) is 2.83. The van der Waals surface area contributed by atoms with Gasteiger partial charge in [0, 0.05) is 31.6 Å². The molecular weight excluding hydrogens is 244 g/mol. The van der Waals surface area contributed by atoms with E-state index in [1.807, 2.05) is 24.1 Å². The van der Waals surface area contributed by atoms with Crippen LogP contribution >= 0.6 is 22.9 Å². The van der Waals surface area contributed by atoms with Gasteiger partial charge in [-0.1, -0.05) is 11.6 Å². The minimum Gasteiger partial charge on any atom is -0.345 e. The predicted octanol–water partition coefficient (Wildman–Crippen LogP) is 1.62. The number of halogens is 1. The zero-order valence-electron chi connectivity index (χ0n) is 9.20. The van der Waals surface area contributed by atoms with E-state index in [9.17, 15) is 4.79 Å². The number of thiophene rings is 1. The Balaban J connectivity index is 1.78. The Hall–Kier alpha value is -0.580. The van der Waals surface area contributed by atoms with Gasteiger partial charge in [0.25, 0.3) is 0 Å². The summed E-state index contributed by atoms with van der Waals surface area (Å²) in [6.45, 7) is 2.42. The van der Waals surface area contributed by atoms with E-state index in [1.54, 1.807) is 11.3 Å². The molecule has 1 aliphatic rings. The zero-order valence-corrected chi connectivity index (χ0v) is 10.8. The van der Waals surface area contributed by atoms with E-state index in [-0.39, 0.29) is 11.8 Å². The lowest BCUT2D eigenvalue weighted by Gasteiger charge is -2.30. The second kappa shape index (κ2) is 5.17. The third kappa shape index (κ3) is 2.75. The van der Waals surface area contributed by atoms with Crippen molar-refractivity contribution in [2.24, 2.45) is 5.92 Å². The van der Waals surface area contributed by atoms with E-state index >= 15 is 0 Å². The first-order valence-electron chi connectivity index (χ1n) is 5.36. The number of amides is 1. The topological polar surface area (TPSA) is 32.3 Å². The number of rotatable bonds is 4. The maximum absolute atomic E-state index is 11.8. The number of carbonyl (C=O) groups is 1. The van der Waals surface area contributed by atoms with Crippen LogP contribution in [0.2, 0.25) is 4.34 Å². The molecule has 1 fully saturated rings. The summed E-state index contributed by atoms with van der Waals surface area (Å²) in [7, 11) is 1.87. The molecule has 0 spiro atoms. The summed E-state index contributed by atoms with van der Waals surface area (Å²) >= 11 is 7.43. The number of carbonyl (C=O) groups excluding carboxylic acids is 1. The van der Waals surface area contributed by atoms with Crippen molar-refractivity contribution in [1.29, 1.82) is 0 Å². The second-order valence-corrected chi connectivity index (χ2v) is 5.87. The highest BCUT2D eigenvalue weighted by atomic mass is 35.5. The van der Waals surface area contributed by atoms with Crippen molar-refractivity contribution in [3.63, 3.8) is 0 Å². The van der Waals surface area contributed by atoms with Crippen molar-refractivity contribution in [2.45, 2.75) is 6.42 Å². The Morgan fingerprint density at radius 3 is 2.88 bits per heavy atom. The van der Waals surface area contributed by atoms with Crippen LogP contribution in [0.15, 0.2) is 12.1 Å². The average molecular weight is 259 g/mol. The Labute approximate surface area is 104 Å². The van der Waals surface area contributed by atoms with Crippen molar-refractivity contribution in [2.75, 3.05) is 26.7 Å². The largest absolute Gasteiger partial charge is 0.345 e. The fraction of sp³-hybridized carbons (Fsp3) is 0.545. The van der Waals surface area contributed by atoms with Crippen molar-refractivity contribution in [3.05, 3.63) is 21.3 Å². The maximum atomic E-state index is 11.8. The van der Waals surface area contributed by atoms with Gasteiger partial charge >= 0.3 is 0 Å². The molecule has 1 aromatic rings. The van der Waals surface area contributed by atoms with Crippen molar-refractivity contribution in [3.8, 4) is 0 Å². The molecule has 16 heavy (non-hydrogen) atoms. The molecule has 0 aliphatic carbocycles. The minimum absolute atomic E-state index is 0.192. The molecule has 3 nitrogen and oxygen atoms in total. The van der Waals surface area contributed by atoms with Gasteiger partial charge in [-0.05, 0) is 18.6 Å². The number of hydrogen-bond acceptors (Lipinski definition) is 3. The van der Waals surface area contributed by atoms with Crippen LogP contribution in [0.5, 0.6) is 0 Å². The molecule has 2 rings (SSSR count). The molecule has 1 aliphatic heterocycles. The standard InChI is InChI=1S/C11H15ClN2OS/c1-14(11(15)8-6-13-7-8)5-4-9-2-3-10(12)16-9/h2-3,8,13H,4-7H2,1H3. The van der Waals surface area contributed by atoms with Gasteiger partial charge in [0.1, 0.15) is 0 Å². The first-order valence-corrected chi connectivity index (χ1v) is 6.56. The van der Waals surface area contributed by atoms with Gasteiger partial charge in [-0.2, -0.15) is 0 Å². The van der Waals surface area contributed by atoms with E-state index in [1.165, 1.54) is 4.88 Å². The van der Waals surface area contributed by atoms with Gasteiger partial charge in [-0.25, -0.2) is 0 Å². The number of nitrogens with one attached hydrogen (secondary N) is 1. The minimum atomic E-state index is 0.192. The molecule has 0 unspecified atom stereocenters. The van der Waals surface area contributed by atoms with E-state index in [0.29, 0.717) is 0 Å². The molecular formula is C11H15ClN2OS. The highest BCUT2D eigenvalue weighted by Crippen LogP contribution is 2.22. The van der Waals surface area contributed by atoms with Crippen LogP contribution < -0.4 is 5.32 Å². The fourth-order valence-corrected chi connectivity index (χ4v) is 2.73. The number of nitrogens with zero attached hydrogens (tertiary/aromatic N) is 1. The van der Waals surface area contributed by atoms with Crippen molar-refractivity contribution in [1.82, 2.24) is 10.2 Å². The van der Waals surface area contributed by atoms with Crippen LogP contribution in [-0.2, 0) is 11.2 Å². The van der Waals surface area contributed by atoms with E-state index in [0.717, 1.165) is 30.4 Å². The lowest BCUT2D eigenvalue weighted by atomic mass is 10.0. The molecule has 0 atom stereocenters. The van der Waals surface area contributed by atoms with Gasteiger partial charge in [-0.15, -0.1) is 11.3 Å². The average Bonchev–Trinajstić information content (AvgIpc) is 2.58. The van der Waals surface area contributed by atoms with Crippen LogP contribution in [0, 0.1) is 5.92 Å². The van der Waals surface area contributed by atoms with Crippen LogP contribution in [0.25, 0.3) is 0 Å². The van der Waals surface area contributed by atoms with E-state index in [2.05, 4.69) is 5.32 Å². The van der Waals surface area contributed by atoms with Gasteiger partial charge < -0.3 is 10.2 Å². The van der Waals surface area contributed by atoms with Gasteiger partial charge in [0.2, 0.25) is 5.91 Å². The number of hydrogen-bond donors (Lipinski definition) is 1. The fourth-order valence-electron chi connectivity index (χ4n) is 1.65. The highest BCUT2D eigenvalue weighted by molar-refractivity contribution is 7.16. The zero-order chi connectivity index (χ0) is 11.5. The van der Waals surface area contributed by atoms with Crippen LogP contribution in [0.4, 0.5) is 0 Å². The molecule has 1 amide bonds. The van der Waals surface area contributed by atoms with Crippen LogP contribution in [-0.4, -0.2) is 37.5 Å². The monoisotopic (exact) mass is 258 g/mol. The van der Waals surface area contributed by atoms with Crippen LogP contribution in [0.3, 0.4) is 0 Å². The molecule has 0 aromatic carbocycles. The SMILES string of the molecule is CN(CCc1ccc(Cl)s1)C(=O)C1CNC1. The van der Waals surface area contributed by atoms with Gasteiger partial charge in [-0.3, -0.25) is 4.79 Å². The summed E-state index contributed by atoms with van der Waals surface area (Å²) in [6.07, 6.45) is 0.889. The lowest BCUT2D eigenvalue weighted by molar-refractivity contribution is -0.135. The summed E-state index contributed by atoms with van der Waals surface area (Å²) < 4.78 is 0.812. The Kier molecular flexibility index (Phi) is 3.84. The summed E-state index contributed by atoms with van der Waals surface area (Å²) in [5, 5.41) is 3.11. The summed E-state index contributed by atoms with van der Waals surface area (Å²) in [5.74, 6) is 0.443. The van der Waals surface area contributed by atoms with Crippen molar-refractivity contribution < 1.29 is 4.79 Å². The smallest absolute Gasteiger partial charge is 0.228 e. The quantitative estimate of drug-likeness (QED) is 0.890. The Morgan fingerprint density at radius 1 is 1.62 bits per heavy atom. The molecule has 5 heteroatoms. The molecule has 0 saturated carbocycles. The lowest BCUT2D eigenvalue weighted by Crippen LogP contribution is -2.51. The van der Waals surface area contributed by atoms with E-state index < -0.39 is 0 Å². The van der Waals surface area contributed by atoms with E-state index in [4.69, 9.17) is 11.6 Å². The van der Waals surface area contributed by atoms with Crippen LogP contribution in [0.1, 0.15) is 4.88 Å². The normalized spacial score (nSPS) is 15.9. The molecule has 0 bridgehead atoms. The van der Waals surface area contributed by atoms with Gasteiger partial charge in [0.15, 0.2) is 0 Å². The summed E-state index contributed by atoms with van der Waals surface area (Å²) in [5.41, 5.74) is 0. The molecule has 2 heterocycles. The third-order valence-corrected chi connectivity index (χ3v) is 4.12. The second-order valence-electron chi connectivity index (χ2n) is 4.07. The summed E-state index contributed by atoms with van der Waals surface area (Å²) in [4.78, 5) is 14.9. The molecule has 1 aromatic heterocycles. The Bertz CT molecular complexity index is 376. The molecule has 88 valence electrons. The number of likely N-dealkylation sites (N-methyl/N-ethyl adjacent to an activating group) is 1. The predicted molar refractivity (Wildman–Crippen MR) is 67.0 cm³/mol.